The van der Waals surface area contributed by atoms with Crippen LogP contribution < -0.4 is 0 Å². The number of nitro groups is 1. The molecule has 1 aliphatic carbocycles. The number of carbonyl (C=O) groups excluding carboxylic acids is 2. The lowest BCUT2D eigenvalue weighted by Gasteiger charge is -2.28. The number of hydrogen-bond donors (Lipinski definition) is 0. The van der Waals surface area contributed by atoms with Gasteiger partial charge in [-0.25, -0.2) is 8.42 Å². The van der Waals surface area contributed by atoms with Gasteiger partial charge in [0.25, 0.3) is 5.91 Å². The molecule has 1 saturated carbocycles. The van der Waals surface area contributed by atoms with Gasteiger partial charge < -0.3 is 9.64 Å². The Balaban J connectivity index is 1.88. The third-order valence-electron chi connectivity index (χ3n) is 4.39. The predicted molar refractivity (Wildman–Crippen MR) is 83.5 cm³/mol. The number of rotatable bonds is 8. The second-order valence-corrected chi connectivity index (χ2v) is 8.53. The zero-order valence-electron chi connectivity index (χ0n) is 13.5. The van der Waals surface area contributed by atoms with Crippen LogP contribution in [-0.4, -0.2) is 66.9 Å². The van der Waals surface area contributed by atoms with E-state index in [1.54, 1.807) is 0 Å². The van der Waals surface area contributed by atoms with Crippen molar-refractivity contribution in [3.63, 3.8) is 0 Å². The van der Waals surface area contributed by atoms with E-state index in [-0.39, 0.29) is 24.0 Å². The van der Waals surface area contributed by atoms with E-state index in [0.29, 0.717) is 13.0 Å². The molecule has 2 fully saturated rings. The van der Waals surface area contributed by atoms with Gasteiger partial charge in [0.05, 0.1) is 11.5 Å². The van der Waals surface area contributed by atoms with Crippen molar-refractivity contribution < 1.29 is 27.7 Å². The lowest BCUT2D eigenvalue weighted by atomic mass is 10.2. The summed E-state index contributed by atoms with van der Waals surface area (Å²) in [6.07, 6.45) is 2.09. The van der Waals surface area contributed by atoms with Gasteiger partial charge in [-0.3, -0.25) is 19.7 Å². The second-order valence-electron chi connectivity index (χ2n) is 6.30. The van der Waals surface area contributed by atoms with Gasteiger partial charge in [0.15, 0.2) is 16.4 Å². The molecule has 0 radical (unpaired) electrons. The lowest BCUT2D eigenvalue weighted by molar-refractivity contribution is -0.497. The topological polar surface area (TPSA) is 124 Å². The molecule has 0 aromatic rings. The minimum Gasteiger partial charge on any atom is -0.455 e. The molecule has 1 heterocycles. The summed E-state index contributed by atoms with van der Waals surface area (Å²) in [5, 5.41) is 10.5. The van der Waals surface area contributed by atoms with Crippen LogP contribution in [0.1, 0.15) is 32.6 Å². The number of carbonyl (C=O) groups is 2. The molecular formula is C14H22N2O7S. The second kappa shape index (κ2) is 7.45. The van der Waals surface area contributed by atoms with E-state index in [1.165, 1.54) is 4.90 Å². The molecule has 0 spiro atoms. The van der Waals surface area contributed by atoms with Gasteiger partial charge in [0.1, 0.15) is 5.92 Å². The van der Waals surface area contributed by atoms with Gasteiger partial charge in [-0.15, -0.1) is 0 Å². The summed E-state index contributed by atoms with van der Waals surface area (Å²) in [5.41, 5.74) is 0. The zero-order chi connectivity index (χ0) is 17.9. The van der Waals surface area contributed by atoms with Crippen molar-refractivity contribution in [1.29, 1.82) is 0 Å². The molecule has 3 unspecified atom stereocenters. The summed E-state index contributed by atoms with van der Waals surface area (Å²) in [4.78, 5) is 35.5. The first-order valence-electron chi connectivity index (χ1n) is 8.05. The Bertz CT molecular complexity index is 619. The largest absolute Gasteiger partial charge is 0.455 e. The SMILES string of the molecule is CCCCN(C(=O)COC(=O)C1CC1[N+](=O)[O-])C1CCS(=O)(=O)C1. The van der Waals surface area contributed by atoms with Crippen molar-refractivity contribution in [1.82, 2.24) is 4.90 Å². The summed E-state index contributed by atoms with van der Waals surface area (Å²) >= 11 is 0. The monoisotopic (exact) mass is 362 g/mol. The van der Waals surface area contributed by atoms with Crippen LogP contribution in [0, 0.1) is 16.0 Å². The number of amides is 1. The van der Waals surface area contributed by atoms with Gasteiger partial charge >= 0.3 is 5.97 Å². The van der Waals surface area contributed by atoms with Crippen molar-refractivity contribution >= 4 is 21.7 Å². The fraction of sp³-hybridized carbons (Fsp3) is 0.857. The number of sulfone groups is 1. The Kier molecular flexibility index (Phi) is 5.79. The van der Waals surface area contributed by atoms with Gasteiger partial charge in [-0.2, -0.15) is 0 Å². The highest BCUT2D eigenvalue weighted by atomic mass is 32.2. The van der Waals surface area contributed by atoms with E-state index in [0.717, 1.165) is 12.8 Å². The molecule has 0 bridgehead atoms. The van der Waals surface area contributed by atoms with Gasteiger partial charge in [0.2, 0.25) is 6.04 Å². The van der Waals surface area contributed by atoms with E-state index in [1.807, 2.05) is 6.92 Å². The van der Waals surface area contributed by atoms with Crippen LogP contribution in [0.25, 0.3) is 0 Å². The maximum atomic E-state index is 12.3. The van der Waals surface area contributed by atoms with E-state index in [2.05, 4.69) is 0 Å². The highest BCUT2D eigenvalue weighted by Crippen LogP contribution is 2.34. The van der Waals surface area contributed by atoms with Crippen LogP contribution in [0.5, 0.6) is 0 Å². The molecule has 0 N–H and O–H groups in total. The molecule has 1 amide bonds. The standard InChI is InChI=1S/C14H22N2O7S/c1-2-3-5-15(10-4-6-24(21,22)9-10)13(17)8-23-14(18)11-7-12(11)16(19)20/h10-12H,2-9H2,1H3. The molecule has 1 aliphatic heterocycles. The summed E-state index contributed by atoms with van der Waals surface area (Å²) in [5.74, 6) is -1.97. The molecule has 2 rings (SSSR count). The minimum absolute atomic E-state index is 0.0555. The van der Waals surface area contributed by atoms with Crippen LogP contribution in [-0.2, 0) is 24.2 Å². The smallest absolute Gasteiger partial charge is 0.316 e. The molecule has 0 aromatic heterocycles. The maximum absolute atomic E-state index is 12.3. The van der Waals surface area contributed by atoms with Crippen molar-refractivity contribution in [3.8, 4) is 0 Å². The Hall–Kier alpha value is -1.71. The van der Waals surface area contributed by atoms with Crippen molar-refractivity contribution in [3.05, 3.63) is 10.1 Å². The third kappa shape index (κ3) is 4.65. The van der Waals surface area contributed by atoms with E-state index < -0.39 is 45.2 Å². The Morgan fingerprint density at radius 1 is 1.38 bits per heavy atom. The van der Waals surface area contributed by atoms with Crippen LogP contribution >= 0.6 is 0 Å². The summed E-state index contributed by atoms with van der Waals surface area (Å²) < 4.78 is 28.1. The fourth-order valence-electron chi connectivity index (χ4n) is 2.85. The first-order valence-corrected chi connectivity index (χ1v) is 9.87. The average Bonchev–Trinajstić information content (AvgIpc) is 3.24. The molecule has 1 saturated heterocycles. The average molecular weight is 362 g/mol. The van der Waals surface area contributed by atoms with Crippen molar-refractivity contribution in [2.75, 3.05) is 24.7 Å². The van der Waals surface area contributed by atoms with Crippen LogP contribution in [0.4, 0.5) is 0 Å². The van der Waals surface area contributed by atoms with Crippen molar-refractivity contribution in [2.24, 2.45) is 5.92 Å². The highest BCUT2D eigenvalue weighted by molar-refractivity contribution is 7.91. The summed E-state index contributed by atoms with van der Waals surface area (Å²) in [6, 6.07) is -1.30. The first kappa shape index (κ1) is 18.6. The summed E-state index contributed by atoms with van der Waals surface area (Å²) in [7, 11) is -3.13. The Morgan fingerprint density at radius 2 is 2.08 bits per heavy atom. The van der Waals surface area contributed by atoms with E-state index >= 15 is 0 Å². The summed E-state index contributed by atoms with van der Waals surface area (Å²) in [6.45, 7) is 1.87. The number of ether oxygens (including phenoxy) is 1. The fourth-order valence-corrected chi connectivity index (χ4v) is 4.58. The number of hydrogen-bond acceptors (Lipinski definition) is 7. The first-order chi connectivity index (χ1) is 11.2. The quantitative estimate of drug-likeness (QED) is 0.338. The Morgan fingerprint density at radius 3 is 2.58 bits per heavy atom. The van der Waals surface area contributed by atoms with Crippen LogP contribution in [0.15, 0.2) is 0 Å². The molecule has 2 aliphatic rings. The molecule has 0 aromatic carbocycles. The highest BCUT2D eigenvalue weighted by Gasteiger charge is 2.54. The van der Waals surface area contributed by atoms with Gasteiger partial charge in [-0.05, 0) is 12.8 Å². The normalized spacial score (nSPS) is 27.5. The number of nitrogens with zero attached hydrogens (tertiary/aromatic N) is 2. The van der Waals surface area contributed by atoms with Gasteiger partial charge in [0, 0.05) is 23.9 Å². The molecule has 10 heteroatoms. The maximum Gasteiger partial charge on any atom is 0.316 e. The zero-order valence-corrected chi connectivity index (χ0v) is 14.4. The van der Waals surface area contributed by atoms with E-state index in [4.69, 9.17) is 4.74 Å². The minimum atomic E-state index is -3.13. The van der Waals surface area contributed by atoms with E-state index in [9.17, 15) is 28.1 Å². The molecule has 9 nitrogen and oxygen atoms in total. The molecule has 24 heavy (non-hydrogen) atoms. The van der Waals surface area contributed by atoms with Crippen LogP contribution in [0.2, 0.25) is 0 Å². The van der Waals surface area contributed by atoms with Crippen molar-refractivity contribution in [2.45, 2.75) is 44.7 Å². The molecular weight excluding hydrogens is 340 g/mol. The number of esters is 1. The molecule has 3 atom stereocenters. The lowest BCUT2D eigenvalue weighted by Crippen LogP contribution is -2.44. The Labute approximate surface area is 140 Å². The third-order valence-corrected chi connectivity index (χ3v) is 6.14. The number of unbranched alkanes of at least 4 members (excludes halogenated alkanes) is 1. The van der Waals surface area contributed by atoms with Crippen LogP contribution in [0.3, 0.4) is 0 Å². The molecule has 136 valence electrons. The van der Waals surface area contributed by atoms with Gasteiger partial charge in [-0.1, -0.05) is 13.3 Å². The predicted octanol–water partition coefficient (Wildman–Crippen LogP) is 0.0106.